The molecule has 2 heterocycles. The molecule has 0 saturated carbocycles. The van der Waals surface area contributed by atoms with Crippen molar-refractivity contribution < 1.29 is 14.3 Å². The van der Waals surface area contributed by atoms with Crippen molar-refractivity contribution in [3.8, 4) is 0 Å². The summed E-state index contributed by atoms with van der Waals surface area (Å²) in [6.07, 6.45) is 5.45. The smallest absolute Gasteiger partial charge is 0.331 e. The lowest BCUT2D eigenvalue weighted by atomic mass is 10.1. The van der Waals surface area contributed by atoms with Gasteiger partial charge in [0.15, 0.2) is 6.61 Å². The highest BCUT2D eigenvalue weighted by atomic mass is 32.1. The lowest BCUT2D eigenvalue weighted by molar-refractivity contribution is -0.142. The number of hydrogen-bond donors (Lipinski definition) is 1. The first kappa shape index (κ1) is 18.2. The SMILES string of the molecule is Cc1cc(N2CCCC2)ccc1NC(=O)COC(=O)/C=C/c1cccs1. The van der Waals surface area contributed by atoms with Gasteiger partial charge in [0.25, 0.3) is 5.91 Å². The van der Waals surface area contributed by atoms with Crippen LogP contribution in [-0.2, 0) is 14.3 Å². The number of rotatable bonds is 6. The van der Waals surface area contributed by atoms with Gasteiger partial charge in [0.2, 0.25) is 0 Å². The molecular formula is C20H22N2O3S. The van der Waals surface area contributed by atoms with Crippen molar-refractivity contribution in [2.45, 2.75) is 19.8 Å². The van der Waals surface area contributed by atoms with Crippen LogP contribution >= 0.6 is 11.3 Å². The zero-order valence-corrected chi connectivity index (χ0v) is 15.6. The number of benzene rings is 1. The molecule has 5 nitrogen and oxygen atoms in total. The van der Waals surface area contributed by atoms with Crippen molar-refractivity contribution in [1.29, 1.82) is 0 Å². The molecule has 1 saturated heterocycles. The Labute approximate surface area is 157 Å². The van der Waals surface area contributed by atoms with Crippen molar-refractivity contribution in [3.05, 3.63) is 52.2 Å². The number of hydrogen-bond acceptors (Lipinski definition) is 5. The number of carbonyl (C=O) groups is 2. The maximum atomic E-state index is 12.0. The Kier molecular flexibility index (Phi) is 6.07. The Bertz CT molecular complexity index is 793. The van der Waals surface area contributed by atoms with Gasteiger partial charge in [0, 0.05) is 35.4 Å². The van der Waals surface area contributed by atoms with Crippen LogP contribution in [0.25, 0.3) is 6.08 Å². The second kappa shape index (κ2) is 8.67. The van der Waals surface area contributed by atoms with Crippen molar-refractivity contribution >= 4 is 40.7 Å². The fourth-order valence-corrected chi connectivity index (χ4v) is 3.49. The van der Waals surface area contributed by atoms with E-state index in [1.54, 1.807) is 6.08 Å². The Morgan fingerprint density at radius 1 is 1.27 bits per heavy atom. The van der Waals surface area contributed by atoms with E-state index in [1.165, 1.54) is 35.9 Å². The van der Waals surface area contributed by atoms with E-state index >= 15 is 0 Å². The first-order valence-corrected chi connectivity index (χ1v) is 9.53. The first-order valence-electron chi connectivity index (χ1n) is 8.65. The zero-order chi connectivity index (χ0) is 18.4. The highest BCUT2D eigenvalue weighted by Gasteiger charge is 2.14. The molecular weight excluding hydrogens is 348 g/mol. The highest BCUT2D eigenvalue weighted by Crippen LogP contribution is 2.25. The predicted octanol–water partition coefficient (Wildman–Crippen LogP) is 3.85. The van der Waals surface area contributed by atoms with Gasteiger partial charge >= 0.3 is 5.97 Å². The number of aryl methyl sites for hydroxylation is 1. The molecule has 0 spiro atoms. The summed E-state index contributed by atoms with van der Waals surface area (Å²) in [5.41, 5.74) is 2.91. The summed E-state index contributed by atoms with van der Waals surface area (Å²) >= 11 is 1.53. The summed E-state index contributed by atoms with van der Waals surface area (Å²) in [7, 11) is 0. The van der Waals surface area contributed by atoms with Gasteiger partial charge in [-0.2, -0.15) is 0 Å². The number of nitrogens with zero attached hydrogens (tertiary/aromatic N) is 1. The number of amides is 1. The van der Waals surface area contributed by atoms with Crippen LogP contribution in [0, 0.1) is 6.92 Å². The van der Waals surface area contributed by atoms with Crippen LogP contribution in [0.2, 0.25) is 0 Å². The van der Waals surface area contributed by atoms with E-state index in [4.69, 9.17) is 4.74 Å². The standard InChI is InChI=1S/C20H22N2O3S/c1-15-13-16(22-10-2-3-11-22)6-8-18(15)21-19(23)14-25-20(24)9-7-17-5-4-12-26-17/h4-9,12-13H,2-3,10-11,14H2,1H3,(H,21,23)/b9-7+. The lowest BCUT2D eigenvalue weighted by Crippen LogP contribution is -2.21. The van der Waals surface area contributed by atoms with E-state index < -0.39 is 5.97 Å². The summed E-state index contributed by atoms with van der Waals surface area (Å²) in [5, 5.41) is 4.72. The molecule has 0 atom stereocenters. The maximum Gasteiger partial charge on any atom is 0.331 e. The summed E-state index contributed by atoms with van der Waals surface area (Å²) < 4.78 is 4.98. The van der Waals surface area contributed by atoms with Gasteiger partial charge in [0.1, 0.15) is 0 Å². The minimum Gasteiger partial charge on any atom is -0.452 e. The van der Waals surface area contributed by atoms with Gasteiger partial charge in [-0.05, 0) is 61.1 Å². The average molecular weight is 370 g/mol. The molecule has 0 radical (unpaired) electrons. The third-order valence-corrected chi connectivity index (χ3v) is 5.07. The molecule has 3 rings (SSSR count). The molecule has 136 valence electrons. The molecule has 1 N–H and O–H groups in total. The molecule has 0 unspecified atom stereocenters. The number of esters is 1. The monoisotopic (exact) mass is 370 g/mol. The third-order valence-electron chi connectivity index (χ3n) is 4.23. The van der Waals surface area contributed by atoms with Crippen molar-refractivity contribution in [2.24, 2.45) is 0 Å². The molecule has 1 aliphatic rings. The summed E-state index contributed by atoms with van der Waals surface area (Å²) in [6.45, 7) is 3.83. The molecule has 26 heavy (non-hydrogen) atoms. The molecule has 1 aliphatic heterocycles. The van der Waals surface area contributed by atoms with Gasteiger partial charge in [-0.3, -0.25) is 4.79 Å². The second-order valence-corrected chi connectivity index (χ2v) is 7.18. The Morgan fingerprint density at radius 3 is 2.77 bits per heavy atom. The molecule has 1 fully saturated rings. The fraction of sp³-hybridized carbons (Fsp3) is 0.300. The maximum absolute atomic E-state index is 12.0. The minimum absolute atomic E-state index is 0.305. The number of nitrogens with one attached hydrogen (secondary N) is 1. The van der Waals surface area contributed by atoms with Crippen LogP contribution in [0.4, 0.5) is 11.4 Å². The van der Waals surface area contributed by atoms with Crippen LogP contribution in [-0.4, -0.2) is 31.6 Å². The normalized spacial score (nSPS) is 14.0. The van der Waals surface area contributed by atoms with Crippen LogP contribution in [0.15, 0.2) is 41.8 Å². The van der Waals surface area contributed by atoms with Crippen molar-refractivity contribution in [2.75, 3.05) is 29.9 Å². The minimum atomic E-state index is -0.533. The van der Waals surface area contributed by atoms with E-state index in [2.05, 4.69) is 16.3 Å². The molecule has 1 amide bonds. The molecule has 6 heteroatoms. The lowest BCUT2D eigenvalue weighted by Gasteiger charge is -2.19. The van der Waals surface area contributed by atoms with Crippen LogP contribution in [0.5, 0.6) is 0 Å². The van der Waals surface area contributed by atoms with E-state index in [1.807, 2.05) is 36.6 Å². The summed E-state index contributed by atoms with van der Waals surface area (Å²) in [5.74, 6) is -0.880. The number of thiophene rings is 1. The largest absolute Gasteiger partial charge is 0.452 e. The van der Waals surface area contributed by atoms with Crippen molar-refractivity contribution in [1.82, 2.24) is 0 Å². The van der Waals surface area contributed by atoms with Crippen LogP contribution in [0.3, 0.4) is 0 Å². The molecule has 2 aromatic rings. The van der Waals surface area contributed by atoms with Crippen LogP contribution in [0.1, 0.15) is 23.3 Å². The van der Waals surface area contributed by atoms with Gasteiger partial charge in [-0.1, -0.05) is 6.07 Å². The highest BCUT2D eigenvalue weighted by molar-refractivity contribution is 7.10. The van der Waals surface area contributed by atoms with E-state index in [0.29, 0.717) is 0 Å². The topological polar surface area (TPSA) is 58.6 Å². The Hall–Kier alpha value is -2.60. The van der Waals surface area contributed by atoms with E-state index in [0.717, 1.165) is 29.2 Å². The quantitative estimate of drug-likeness (QED) is 0.620. The molecule has 1 aromatic heterocycles. The molecule has 1 aromatic carbocycles. The van der Waals surface area contributed by atoms with E-state index in [-0.39, 0.29) is 12.5 Å². The Balaban J connectivity index is 1.49. The number of carbonyl (C=O) groups excluding carboxylic acids is 2. The zero-order valence-electron chi connectivity index (χ0n) is 14.7. The van der Waals surface area contributed by atoms with Crippen LogP contribution < -0.4 is 10.2 Å². The Morgan fingerprint density at radius 2 is 2.08 bits per heavy atom. The fourth-order valence-electron chi connectivity index (χ4n) is 2.87. The predicted molar refractivity (Wildman–Crippen MR) is 106 cm³/mol. The van der Waals surface area contributed by atoms with Gasteiger partial charge in [-0.15, -0.1) is 11.3 Å². The number of ether oxygens (including phenoxy) is 1. The second-order valence-electron chi connectivity index (χ2n) is 6.20. The first-order chi connectivity index (χ1) is 12.6. The third kappa shape index (κ3) is 4.95. The molecule has 0 aliphatic carbocycles. The number of anilines is 2. The summed E-state index contributed by atoms with van der Waals surface area (Å²) in [6, 6.07) is 9.80. The molecule has 0 bridgehead atoms. The van der Waals surface area contributed by atoms with E-state index in [9.17, 15) is 9.59 Å². The average Bonchev–Trinajstić information content (AvgIpc) is 3.33. The summed E-state index contributed by atoms with van der Waals surface area (Å²) in [4.78, 5) is 27.0. The van der Waals surface area contributed by atoms with Gasteiger partial charge in [-0.25, -0.2) is 4.79 Å². The van der Waals surface area contributed by atoms with Gasteiger partial charge < -0.3 is 15.0 Å². The van der Waals surface area contributed by atoms with Crippen molar-refractivity contribution in [3.63, 3.8) is 0 Å². The van der Waals surface area contributed by atoms with Gasteiger partial charge in [0.05, 0.1) is 0 Å².